The van der Waals surface area contributed by atoms with Crippen molar-refractivity contribution in [2.24, 2.45) is 0 Å². The van der Waals surface area contributed by atoms with Gasteiger partial charge in [0.2, 0.25) is 5.88 Å². The fraction of sp³-hybridized carbons (Fsp3) is 0.154. The summed E-state index contributed by atoms with van der Waals surface area (Å²) in [6.07, 6.45) is 1.04. The van der Waals surface area contributed by atoms with Gasteiger partial charge >= 0.3 is 0 Å². The van der Waals surface area contributed by atoms with Gasteiger partial charge in [0.15, 0.2) is 0 Å². The van der Waals surface area contributed by atoms with Gasteiger partial charge in [-0.1, -0.05) is 27.5 Å². The SMILES string of the molecule is C[C@H](O)c1ccc(Oc2ccc(Br)cc2Cl)nc1. The molecular weight excluding hydrogens is 318 g/mol. The molecule has 0 aliphatic carbocycles. The van der Waals surface area contributed by atoms with E-state index in [1.807, 2.05) is 6.07 Å². The Balaban J connectivity index is 2.18. The lowest BCUT2D eigenvalue weighted by Gasteiger charge is -2.08. The van der Waals surface area contributed by atoms with Crippen LogP contribution in [0.15, 0.2) is 41.0 Å². The lowest BCUT2D eigenvalue weighted by molar-refractivity contribution is 0.198. The van der Waals surface area contributed by atoms with Crippen LogP contribution in [0.1, 0.15) is 18.6 Å². The van der Waals surface area contributed by atoms with Crippen LogP contribution in [0, 0.1) is 0 Å². The van der Waals surface area contributed by atoms with E-state index in [9.17, 15) is 5.11 Å². The van der Waals surface area contributed by atoms with E-state index in [-0.39, 0.29) is 0 Å². The molecule has 0 bridgehead atoms. The Morgan fingerprint density at radius 2 is 2.11 bits per heavy atom. The van der Waals surface area contributed by atoms with Gasteiger partial charge in [0.1, 0.15) is 5.75 Å². The first-order valence-corrected chi connectivity index (χ1v) is 6.50. The van der Waals surface area contributed by atoms with Crippen LogP contribution >= 0.6 is 27.5 Å². The maximum absolute atomic E-state index is 9.37. The number of halogens is 2. The van der Waals surface area contributed by atoms with Gasteiger partial charge in [-0.3, -0.25) is 0 Å². The molecule has 0 amide bonds. The molecule has 18 heavy (non-hydrogen) atoms. The Labute approximate surface area is 119 Å². The van der Waals surface area contributed by atoms with Gasteiger partial charge in [0.25, 0.3) is 0 Å². The molecule has 2 aromatic rings. The Morgan fingerprint density at radius 1 is 1.33 bits per heavy atom. The quantitative estimate of drug-likeness (QED) is 0.911. The van der Waals surface area contributed by atoms with Gasteiger partial charge in [-0.2, -0.15) is 0 Å². The van der Waals surface area contributed by atoms with Crippen LogP contribution < -0.4 is 4.74 Å². The van der Waals surface area contributed by atoms with E-state index >= 15 is 0 Å². The van der Waals surface area contributed by atoms with E-state index in [4.69, 9.17) is 16.3 Å². The van der Waals surface area contributed by atoms with Crippen molar-refractivity contribution in [3.05, 3.63) is 51.6 Å². The summed E-state index contributed by atoms with van der Waals surface area (Å²) < 4.78 is 6.44. The molecular formula is C13H11BrClNO2. The molecule has 1 aromatic heterocycles. The molecule has 0 saturated carbocycles. The molecule has 1 N–H and O–H groups in total. The van der Waals surface area contributed by atoms with E-state index in [0.717, 1.165) is 10.0 Å². The van der Waals surface area contributed by atoms with E-state index in [1.165, 1.54) is 0 Å². The zero-order valence-electron chi connectivity index (χ0n) is 9.60. The van der Waals surface area contributed by atoms with Crippen LogP contribution in [-0.2, 0) is 0 Å². The molecule has 5 heteroatoms. The summed E-state index contributed by atoms with van der Waals surface area (Å²) in [5, 5.41) is 9.88. The molecule has 0 radical (unpaired) electrons. The number of aromatic nitrogens is 1. The summed E-state index contributed by atoms with van der Waals surface area (Å²) in [7, 11) is 0. The van der Waals surface area contributed by atoms with Crippen molar-refractivity contribution in [2.45, 2.75) is 13.0 Å². The maximum atomic E-state index is 9.37. The minimum absolute atomic E-state index is 0.434. The molecule has 0 aliphatic rings. The predicted molar refractivity (Wildman–Crippen MR) is 74.1 cm³/mol. The van der Waals surface area contributed by atoms with Crippen molar-refractivity contribution in [3.63, 3.8) is 0 Å². The summed E-state index contributed by atoms with van der Waals surface area (Å²) in [5.41, 5.74) is 0.740. The number of hydrogen-bond donors (Lipinski definition) is 1. The van der Waals surface area contributed by atoms with Gasteiger partial charge < -0.3 is 9.84 Å². The normalized spacial score (nSPS) is 12.2. The lowest BCUT2D eigenvalue weighted by atomic mass is 10.2. The first kappa shape index (κ1) is 13.3. The number of ether oxygens (including phenoxy) is 1. The Morgan fingerprint density at radius 3 is 2.67 bits per heavy atom. The molecule has 0 saturated heterocycles. The third-order valence-corrected chi connectivity index (χ3v) is 3.14. The third-order valence-electron chi connectivity index (χ3n) is 2.35. The molecule has 0 aliphatic heterocycles. The van der Waals surface area contributed by atoms with E-state index in [0.29, 0.717) is 16.7 Å². The summed E-state index contributed by atoms with van der Waals surface area (Å²) in [5.74, 6) is 0.973. The number of benzene rings is 1. The summed E-state index contributed by atoms with van der Waals surface area (Å²) in [6.45, 7) is 1.68. The number of hydrogen-bond acceptors (Lipinski definition) is 3. The van der Waals surface area contributed by atoms with Crippen LogP contribution in [0.3, 0.4) is 0 Å². The summed E-state index contributed by atoms with van der Waals surface area (Å²) >= 11 is 9.36. The second-order valence-corrected chi connectivity index (χ2v) is 5.11. The predicted octanol–water partition coefficient (Wildman–Crippen LogP) is 4.34. The van der Waals surface area contributed by atoms with Crippen molar-refractivity contribution < 1.29 is 9.84 Å². The minimum Gasteiger partial charge on any atom is -0.437 e. The van der Waals surface area contributed by atoms with Crippen LogP contribution in [0.25, 0.3) is 0 Å². The van der Waals surface area contributed by atoms with Crippen LogP contribution in [0.4, 0.5) is 0 Å². The Bertz CT molecular complexity index is 543. The monoisotopic (exact) mass is 327 g/mol. The molecule has 2 rings (SSSR count). The summed E-state index contributed by atoms with van der Waals surface area (Å²) in [6, 6.07) is 8.81. The van der Waals surface area contributed by atoms with Crippen molar-refractivity contribution in [2.75, 3.05) is 0 Å². The van der Waals surface area contributed by atoms with Crippen molar-refractivity contribution in [3.8, 4) is 11.6 Å². The molecule has 1 aromatic carbocycles. The third kappa shape index (κ3) is 3.22. The fourth-order valence-electron chi connectivity index (χ4n) is 1.37. The molecule has 1 heterocycles. The molecule has 0 fully saturated rings. The van der Waals surface area contributed by atoms with Gasteiger partial charge in [-0.05, 0) is 36.8 Å². The molecule has 3 nitrogen and oxygen atoms in total. The second-order valence-electron chi connectivity index (χ2n) is 3.78. The zero-order chi connectivity index (χ0) is 13.1. The minimum atomic E-state index is -0.539. The average molecular weight is 329 g/mol. The molecule has 0 unspecified atom stereocenters. The standard InChI is InChI=1S/C13H11BrClNO2/c1-8(17)9-2-5-13(16-7-9)18-12-4-3-10(14)6-11(12)15/h2-8,17H,1H3/t8-/m0/s1. The second kappa shape index (κ2) is 5.69. The number of pyridine rings is 1. The number of rotatable bonds is 3. The van der Waals surface area contributed by atoms with Crippen molar-refractivity contribution in [1.29, 1.82) is 0 Å². The topological polar surface area (TPSA) is 42.4 Å². The first-order chi connectivity index (χ1) is 8.56. The van der Waals surface area contributed by atoms with Crippen molar-refractivity contribution in [1.82, 2.24) is 4.98 Å². The highest BCUT2D eigenvalue weighted by molar-refractivity contribution is 9.10. The fourth-order valence-corrected chi connectivity index (χ4v) is 2.08. The van der Waals surface area contributed by atoms with Gasteiger partial charge in [-0.15, -0.1) is 0 Å². The number of nitrogens with zero attached hydrogens (tertiary/aromatic N) is 1. The van der Waals surface area contributed by atoms with Crippen LogP contribution in [0.2, 0.25) is 5.02 Å². The number of aliphatic hydroxyl groups is 1. The molecule has 0 spiro atoms. The van der Waals surface area contributed by atoms with E-state index < -0.39 is 6.10 Å². The van der Waals surface area contributed by atoms with Crippen LogP contribution in [-0.4, -0.2) is 10.1 Å². The number of aliphatic hydroxyl groups excluding tert-OH is 1. The van der Waals surface area contributed by atoms with Gasteiger partial charge in [0.05, 0.1) is 11.1 Å². The molecule has 1 atom stereocenters. The maximum Gasteiger partial charge on any atom is 0.219 e. The first-order valence-electron chi connectivity index (χ1n) is 5.33. The van der Waals surface area contributed by atoms with Gasteiger partial charge in [-0.25, -0.2) is 4.98 Å². The van der Waals surface area contributed by atoms with Crippen molar-refractivity contribution >= 4 is 27.5 Å². The van der Waals surface area contributed by atoms with Crippen LogP contribution in [0.5, 0.6) is 11.6 Å². The molecule has 94 valence electrons. The Hall–Kier alpha value is -1.10. The van der Waals surface area contributed by atoms with E-state index in [2.05, 4.69) is 20.9 Å². The smallest absolute Gasteiger partial charge is 0.219 e. The lowest BCUT2D eigenvalue weighted by Crippen LogP contribution is -1.94. The Kier molecular flexibility index (Phi) is 4.22. The van der Waals surface area contributed by atoms with E-state index in [1.54, 1.807) is 37.4 Å². The highest BCUT2D eigenvalue weighted by Gasteiger charge is 2.06. The highest BCUT2D eigenvalue weighted by atomic mass is 79.9. The highest BCUT2D eigenvalue weighted by Crippen LogP contribution is 2.31. The largest absolute Gasteiger partial charge is 0.437 e. The average Bonchev–Trinajstić information content (AvgIpc) is 2.33. The van der Waals surface area contributed by atoms with Gasteiger partial charge in [0, 0.05) is 16.7 Å². The summed E-state index contributed by atoms with van der Waals surface area (Å²) in [4.78, 5) is 4.11. The zero-order valence-corrected chi connectivity index (χ0v) is 11.9.